The van der Waals surface area contributed by atoms with E-state index in [2.05, 4.69) is 19.1 Å². The van der Waals surface area contributed by atoms with Crippen molar-refractivity contribution in [1.29, 1.82) is 0 Å². The van der Waals surface area contributed by atoms with E-state index in [4.69, 9.17) is 4.74 Å². The molecular formula is C31H59NO4. The molecule has 1 unspecified atom stereocenters. The fourth-order valence-electron chi connectivity index (χ4n) is 4.59. The van der Waals surface area contributed by atoms with Crippen LogP contribution >= 0.6 is 0 Å². The summed E-state index contributed by atoms with van der Waals surface area (Å²) in [4.78, 5) is 23.0. The molecule has 36 heavy (non-hydrogen) atoms. The third-order valence-corrected chi connectivity index (χ3v) is 6.59. The average Bonchev–Trinajstić information content (AvgIpc) is 2.78. The molecule has 0 rings (SSSR count). The first-order chi connectivity index (χ1) is 17.2. The summed E-state index contributed by atoms with van der Waals surface area (Å²) in [6.07, 6.45) is 28.7. The number of quaternary nitrogens is 1. The number of carbonyl (C=O) groups is 2. The first kappa shape index (κ1) is 34.6. The van der Waals surface area contributed by atoms with Crippen LogP contribution in [0.5, 0.6) is 0 Å². The molecule has 212 valence electrons. The lowest BCUT2D eigenvalue weighted by atomic mass is 10.0. The molecule has 0 saturated carbocycles. The number of carbonyl (C=O) groups excluding carboxylic acids is 2. The second-order valence-corrected chi connectivity index (χ2v) is 11.6. The van der Waals surface area contributed by atoms with Crippen molar-refractivity contribution in [2.75, 3.05) is 27.7 Å². The van der Waals surface area contributed by atoms with Gasteiger partial charge in [-0.1, -0.05) is 109 Å². The van der Waals surface area contributed by atoms with E-state index in [0.717, 1.165) is 19.3 Å². The summed E-state index contributed by atoms with van der Waals surface area (Å²) in [6.45, 7) is 2.74. The van der Waals surface area contributed by atoms with Gasteiger partial charge in [0.15, 0.2) is 6.10 Å². The summed E-state index contributed by atoms with van der Waals surface area (Å²) < 4.78 is 5.95. The van der Waals surface area contributed by atoms with Crippen molar-refractivity contribution in [3.63, 3.8) is 0 Å². The number of carboxylic acid groups (broad SMARTS) is 1. The van der Waals surface area contributed by atoms with E-state index in [1.54, 1.807) is 0 Å². The van der Waals surface area contributed by atoms with Crippen LogP contribution in [0.2, 0.25) is 0 Å². The number of rotatable bonds is 26. The standard InChI is InChI=1S/C31H59NO4/c1-5-6-7-8-9-10-11-12-13-14-15-16-17-18-19-20-21-22-23-24-25-26-31(35)36-29(27-30(33)34)28-32(2,3)4/h12-13,29H,5-11,14-28H2,1-4H3/b13-12+. The first-order valence-corrected chi connectivity index (χ1v) is 15.1. The summed E-state index contributed by atoms with van der Waals surface area (Å²) >= 11 is 0. The molecule has 0 fully saturated rings. The molecule has 5 nitrogen and oxygen atoms in total. The van der Waals surface area contributed by atoms with Gasteiger partial charge in [0, 0.05) is 18.8 Å². The molecule has 0 amide bonds. The zero-order valence-corrected chi connectivity index (χ0v) is 24.4. The Labute approximate surface area is 223 Å². The summed E-state index contributed by atoms with van der Waals surface area (Å²) in [7, 11) is 5.85. The lowest BCUT2D eigenvalue weighted by molar-refractivity contribution is -0.873. The topological polar surface area (TPSA) is 66.4 Å². The van der Waals surface area contributed by atoms with Crippen LogP contribution in [-0.4, -0.2) is 50.2 Å². The summed E-state index contributed by atoms with van der Waals surface area (Å²) in [5, 5.41) is 10.9. The molecule has 0 aromatic rings. The Morgan fingerprint density at radius 3 is 1.53 bits per heavy atom. The van der Waals surface area contributed by atoms with Crippen molar-refractivity contribution in [3.8, 4) is 0 Å². The molecule has 0 heterocycles. The van der Waals surface area contributed by atoms with Crippen LogP contribution in [-0.2, 0) is 14.3 Å². The second-order valence-electron chi connectivity index (χ2n) is 11.6. The monoisotopic (exact) mass is 509 g/mol. The fourth-order valence-corrected chi connectivity index (χ4v) is 4.59. The lowest BCUT2D eigenvalue weighted by Gasteiger charge is -2.29. The van der Waals surface area contributed by atoms with Crippen LogP contribution in [0, 0.1) is 0 Å². The van der Waals surface area contributed by atoms with Crippen LogP contribution < -0.4 is 5.11 Å². The molecule has 0 radical (unpaired) electrons. The third kappa shape index (κ3) is 27.2. The number of unbranched alkanes of at least 4 members (excludes halogenated alkanes) is 17. The van der Waals surface area contributed by atoms with Crippen LogP contribution in [0.25, 0.3) is 0 Å². The van der Waals surface area contributed by atoms with Gasteiger partial charge in [0.1, 0.15) is 6.54 Å². The minimum Gasteiger partial charge on any atom is -0.550 e. The van der Waals surface area contributed by atoms with E-state index in [1.807, 2.05) is 21.1 Å². The Kier molecular flexibility index (Phi) is 23.1. The zero-order chi connectivity index (χ0) is 26.9. The Morgan fingerprint density at radius 2 is 1.11 bits per heavy atom. The molecule has 0 bridgehead atoms. The van der Waals surface area contributed by atoms with Crippen LogP contribution in [0.3, 0.4) is 0 Å². The number of esters is 1. The van der Waals surface area contributed by atoms with Gasteiger partial charge in [-0.25, -0.2) is 0 Å². The molecule has 0 aromatic heterocycles. The van der Waals surface area contributed by atoms with Crippen molar-refractivity contribution in [1.82, 2.24) is 0 Å². The third-order valence-electron chi connectivity index (χ3n) is 6.59. The lowest BCUT2D eigenvalue weighted by Crippen LogP contribution is -2.45. The van der Waals surface area contributed by atoms with Crippen LogP contribution in [0.1, 0.15) is 142 Å². The minimum absolute atomic E-state index is 0.238. The smallest absolute Gasteiger partial charge is 0.306 e. The molecule has 0 aliphatic carbocycles. The van der Waals surface area contributed by atoms with Crippen molar-refractivity contribution >= 4 is 11.9 Å². The van der Waals surface area contributed by atoms with E-state index in [0.29, 0.717) is 17.4 Å². The summed E-state index contributed by atoms with van der Waals surface area (Å²) in [5.74, 6) is -1.46. The number of likely N-dealkylation sites (N-methyl/N-ethyl adjacent to an activating group) is 1. The Bertz CT molecular complexity index is 553. The maximum absolute atomic E-state index is 12.1. The molecule has 0 N–H and O–H groups in total. The Hall–Kier alpha value is -1.36. The van der Waals surface area contributed by atoms with Gasteiger partial charge >= 0.3 is 5.97 Å². The highest BCUT2D eigenvalue weighted by Gasteiger charge is 2.22. The predicted octanol–water partition coefficient (Wildman–Crippen LogP) is 7.12. The highest BCUT2D eigenvalue weighted by atomic mass is 16.5. The minimum atomic E-state index is -1.17. The Morgan fingerprint density at radius 1 is 0.694 bits per heavy atom. The number of ether oxygens (including phenoxy) is 1. The predicted molar refractivity (Wildman–Crippen MR) is 150 cm³/mol. The quantitative estimate of drug-likeness (QED) is 0.0539. The van der Waals surface area contributed by atoms with E-state index in [9.17, 15) is 14.7 Å². The second kappa shape index (κ2) is 24.0. The van der Waals surface area contributed by atoms with E-state index in [-0.39, 0.29) is 12.4 Å². The zero-order valence-electron chi connectivity index (χ0n) is 24.4. The van der Waals surface area contributed by atoms with Gasteiger partial charge in [0.2, 0.25) is 0 Å². The molecule has 0 aliphatic rings. The van der Waals surface area contributed by atoms with E-state index < -0.39 is 12.1 Å². The van der Waals surface area contributed by atoms with Gasteiger partial charge in [-0.3, -0.25) is 4.79 Å². The molecule has 0 saturated heterocycles. The SMILES string of the molecule is CCCCCCCC/C=C/CCCCCCCCCCCCCC(=O)OC(CC(=O)[O-])C[N+](C)(C)C. The van der Waals surface area contributed by atoms with Gasteiger partial charge in [0.05, 0.1) is 21.1 Å². The molecule has 0 aromatic carbocycles. The van der Waals surface area contributed by atoms with Gasteiger partial charge in [-0.15, -0.1) is 0 Å². The first-order valence-electron chi connectivity index (χ1n) is 15.1. The Balaban J connectivity index is 3.47. The summed E-state index contributed by atoms with van der Waals surface area (Å²) in [6, 6.07) is 0. The number of carboxylic acids is 1. The summed E-state index contributed by atoms with van der Waals surface area (Å²) in [5.41, 5.74) is 0. The number of nitrogens with zero attached hydrogens (tertiary/aromatic N) is 1. The molecule has 5 heteroatoms. The van der Waals surface area contributed by atoms with Crippen molar-refractivity contribution in [2.45, 2.75) is 148 Å². The molecular weight excluding hydrogens is 450 g/mol. The maximum Gasteiger partial charge on any atom is 0.306 e. The number of allylic oxidation sites excluding steroid dienone is 2. The van der Waals surface area contributed by atoms with Gasteiger partial charge in [0.25, 0.3) is 0 Å². The highest BCUT2D eigenvalue weighted by Crippen LogP contribution is 2.14. The number of hydrogen-bond acceptors (Lipinski definition) is 4. The number of hydrogen-bond donors (Lipinski definition) is 0. The maximum atomic E-state index is 12.1. The van der Waals surface area contributed by atoms with Crippen molar-refractivity contribution in [2.24, 2.45) is 0 Å². The van der Waals surface area contributed by atoms with Crippen molar-refractivity contribution in [3.05, 3.63) is 12.2 Å². The van der Waals surface area contributed by atoms with E-state index >= 15 is 0 Å². The molecule has 0 spiro atoms. The highest BCUT2D eigenvalue weighted by molar-refractivity contribution is 5.70. The normalized spacial score (nSPS) is 12.8. The molecule has 1 atom stereocenters. The van der Waals surface area contributed by atoms with E-state index in [1.165, 1.54) is 103 Å². The fraction of sp³-hybridized carbons (Fsp3) is 0.871. The van der Waals surface area contributed by atoms with Crippen LogP contribution in [0.4, 0.5) is 0 Å². The van der Waals surface area contributed by atoms with Gasteiger partial charge in [-0.2, -0.15) is 0 Å². The number of aliphatic carboxylic acids is 1. The average molecular weight is 510 g/mol. The largest absolute Gasteiger partial charge is 0.550 e. The van der Waals surface area contributed by atoms with Gasteiger partial charge in [-0.05, 0) is 32.1 Å². The van der Waals surface area contributed by atoms with Gasteiger partial charge < -0.3 is 19.1 Å². The van der Waals surface area contributed by atoms with Crippen LogP contribution in [0.15, 0.2) is 12.2 Å². The van der Waals surface area contributed by atoms with Crippen molar-refractivity contribution < 1.29 is 23.9 Å². The molecule has 0 aliphatic heterocycles.